The summed E-state index contributed by atoms with van der Waals surface area (Å²) in [6.45, 7) is 9.93. The fourth-order valence-electron chi connectivity index (χ4n) is 1.66. The van der Waals surface area contributed by atoms with E-state index >= 15 is 0 Å². The molecule has 13 heavy (non-hydrogen) atoms. The molecule has 76 valence electrons. The normalized spacial score (nSPS) is 24.2. The molecule has 1 unspecified atom stereocenters. The van der Waals surface area contributed by atoms with Gasteiger partial charge in [0.1, 0.15) is 0 Å². The first-order valence-corrected chi connectivity index (χ1v) is 4.97. The van der Waals surface area contributed by atoms with E-state index in [0.29, 0.717) is 6.54 Å². The Hall–Kier alpha value is -0.570. The number of hydrogen-bond acceptors (Lipinski definition) is 2. The predicted octanol–water partition coefficient (Wildman–Crippen LogP) is 1.20. The van der Waals surface area contributed by atoms with Crippen LogP contribution in [-0.2, 0) is 4.79 Å². The second kappa shape index (κ2) is 3.66. The molecule has 1 aliphatic heterocycles. The van der Waals surface area contributed by atoms with Crippen LogP contribution < -0.4 is 5.32 Å². The Balaban J connectivity index is 2.60. The molecule has 0 aromatic heterocycles. The molecular weight excluding hydrogens is 164 g/mol. The lowest BCUT2D eigenvalue weighted by Gasteiger charge is -2.30. The van der Waals surface area contributed by atoms with Crippen LogP contribution in [0.4, 0.5) is 0 Å². The Bertz CT molecular complexity index is 196. The van der Waals surface area contributed by atoms with Crippen LogP contribution in [-0.4, -0.2) is 30.1 Å². The summed E-state index contributed by atoms with van der Waals surface area (Å²) >= 11 is 0. The molecule has 1 amide bonds. The van der Waals surface area contributed by atoms with Crippen LogP contribution in [0.2, 0.25) is 0 Å². The summed E-state index contributed by atoms with van der Waals surface area (Å²) in [6.07, 6.45) is 1.24. The molecule has 0 radical (unpaired) electrons. The minimum atomic E-state index is 0.190. The lowest BCUT2D eigenvalue weighted by molar-refractivity contribution is -0.129. The van der Waals surface area contributed by atoms with Crippen molar-refractivity contribution >= 4 is 5.91 Å². The zero-order valence-electron chi connectivity index (χ0n) is 9.05. The van der Waals surface area contributed by atoms with Crippen LogP contribution in [0.25, 0.3) is 0 Å². The molecular formula is C10H20N2O. The first-order valence-electron chi connectivity index (χ1n) is 4.97. The maximum Gasteiger partial charge on any atom is 0.237 e. The summed E-state index contributed by atoms with van der Waals surface area (Å²) in [4.78, 5) is 13.4. The van der Waals surface area contributed by atoms with Crippen molar-refractivity contribution in [1.29, 1.82) is 0 Å². The minimum absolute atomic E-state index is 0.190. The minimum Gasteiger partial charge on any atom is -0.326 e. The van der Waals surface area contributed by atoms with Gasteiger partial charge in [-0.2, -0.15) is 0 Å². The molecule has 1 N–H and O–H groups in total. The Morgan fingerprint density at radius 1 is 1.54 bits per heavy atom. The lowest BCUT2D eigenvalue weighted by atomic mass is 9.96. The number of carbonyl (C=O) groups is 1. The topological polar surface area (TPSA) is 32.3 Å². The van der Waals surface area contributed by atoms with Gasteiger partial charge in [-0.25, -0.2) is 0 Å². The van der Waals surface area contributed by atoms with Gasteiger partial charge in [-0.3, -0.25) is 10.1 Å². The zero-order valence-corrected chi connectivity index (χ0v) is 9.05. The number of nitrogens with zero attached hydrogens (tertiary/aromatic N) is 1. The molecule has 1 saturated heterocycles. The van der Waals surface area contributed by atoms with Gasteiger partial charge in [-0.1, -0.05) is 27.7 Å². The summed E-state index contributed by atoms with van der Waals surface area (Å²) < 4.78 is 0. The maximum atomic E-state index is 11.5. The number of amides is 1. The van der Waals surface area contributed by atoms with E-state index in [-0.39, 0.29) is 17.5 Å². The number of hydrogen-bond donors (Lipinski definition) is 1. The van der Waals surface area contributed by atoms with Crippen molar-refractivity contribution in [2.24, 2.45) is 5.41 Å². The zero-order chi connectivity index (χ0) is 10.1. The van der Waals surface area contributed by atoms with Gasteiger partial charge in [0, 0.05) is 6.54 Å². The van der Waals surface area contributed by atoms with Crippen molar-refractivity contribution in [2.45, 2.75) is 40.3 Å². The molecule has 1 atom stereocenters. The average Bonchev–Trinajstić information content (AvgIpc) is 2.30. The van der Waals surface area contributed by atoms with Crippen molar-refractivity contribution in [3.05, 3.63) is 0 Å². The van der Waals surface area contributed by atoms with Gasteiger partial charge >= 0.3 is 0 Å². The molecule has 0 aromatic carbocycles. The van der Waals surface area contributed by atoms with Gasteiger partial charge in [-0.05, 0) is 11.8 Å². The third kappa shape index (κ3) is 2.69. The molecule has 3 heteroatoms. The number of carbonyl (C=O) groups excluding carboxylic acids is 1. The molecule has 0 saturated carbocycles. The average molecular weight is 184 g/mol. The van der Waals surface area contributed by atoms with Crippen LogP contribution in [0, 0.1) is 5.41 Å². The summed E-state index contributed by atoms with van der Waals surface area (Å²) in [7, 11) is 0. The van der Waals surface area contributed by atoms with Crippen molar-refractivity contribution in [1.82, 2.24) is 10.2 Å². The van der Waals surface area contributed by atoms with Crippen LogP contribution in [0.3, 0.4) is 0 Å². The lowest BCUT2D eigenvalue weighted by Crippen LogP contribution is -2.41. The van der Waals surface area contributed by atoms with Crippen molar-refractivity contribution < 1.29 is 4.79 Å². The highest BCUT2D eigenvalue weighted by atomic mass is 16.2. The van der Waals surface area contributed by atoms with Gasteiger partial charge in [0.15, 0.2) is 0 Å². The quantitative estimate of drug-likeness (QED) is 0.699. The van der Waals surface area contributed by atoms with Gasteiger partial charge in [0.25, 0.3) is 0 Å². The molecule has 1 rings (SSSR count). The summed E-state index contributed by atoms with van der Waals surface area (Å²) in [5.74, 6) is 0.238. The summed E-state index contributed by atoms with van der Waals surface area (Å²) in [5.41, 5.74) is 0.190. The Labute approximate surface area is 80.5 Å². The van der Waals surface area contributed by atoms with E-state index < -0.39 is 0 Å². The van der Waals surface area contributed by atoms with E-state index in [0.717, 1.165) is 13.0 Å². The Kier molecular flexibility index (Phi) is 2.96. The fraction of sp³-hybridized carbons (Fsp3) is 0.900. The third-order valence-corrected chi connectivity index (χ3v) is 2.22. The fourth-order valence-corrected chi connectivity index (χ4v) is 1.66. The van der Waals surface area contributed by atoms with E-state index in [9.17, 15) is 4.79 Å². The van der Waals surface area contributed by atoms with E-state index in [1.54, 1.807) is 0 Å². The van der Waals surface area contributed by atoms with Gasteiger partial charge in [0.2, 0.25) is 5.91 Å². The van der Waals surface area contributed by atoms with Gasteiger partial charge < -0.3 is 4.90 Å². The van der Waals surface area contributed by atoms with Gasteiger partial charge in [-0.15, -0.1) is 0 Å². The molecule has 1 heterocycles. The Morgan fingerprint density at radius 3 is 2.62 bits per heavy atom. The van der Waals surface area contributed by atoms with Crippen LogP contribution >= 0.6 is 0 Å². The highest BCUT2D eigenvalue weighted by molar-refractivity contribution is 5.80. The van der Waals surface area contributed by atoms with E-state index in [4.69, 9.17) is 0 Å². The largest absolute Gasteiger partial charge is 0.326 e. The smallest absolute Gasteiger partial charge is 0.237 e. The monoisotopic (exact) mass is 184 g/mol. The van der Waals surface area contributed by atoms with Gasteiger partial charge in [0.05, 0.1) is 12.7 Å². The highest BCUT2D eigenvalue weighted by Gasteiger charge is 2.31. The van der Waals surface area contributed by atoms with Crippen LogP contribution in [0.5, 0.6) is 0 Å². The molecule has 1 aliphatic rings. The number of nitrogens with one attached hydrogen (secondary N) is 1. The van der Waals surface area contributed by atoms with Crippen molar-refractivity contribution in [2.75, 3.05) is 13.1 Å². The molecule has 0 aliphatic carbocycles. The predicted molar refractivity (Wildman–Crippen MR) is 53.2 cm³/mol. The SMILES string of the molecule is CCC1NCC(=O)N1CC(C)(C)C. The molecule has 0 aromatic rings. The maximum absolute atomic E-state index is 11.5. The first-order chi connectivity index (χ1) is 5.94. The first kappa shape index (κ1) is 10.5. The molecule has 0 spiro atoms. The second-order valence-corrected chi connectivity index (χ2v) is 4.89. The van der Waals surface area contributed by atoms with E-state index in [1.165, 1.54) is 0 Å². The highest BCUT2D eigenvalue weighted by Crippen LogP contribution is 2.19. The summed E-state index contributed by atoms with van der Waals surface area (Å²) in [5, 5.41) is 3.21. The number of rotatable bonds is 2. The third-order valence-electron chi connectivity index (χ3n) is 2.22. The van der Waals surface area contributed by atoms with E-state index in [1.807, 2.05) is 4.90 Å². The summed E-state index contributed by atoms with van der Waals surface area (Å²) in [6, 6.07) is 0. The molecule has 0 bridgehead atoms. The van der Waals surface area contributed by atoms with E-state index in [2.05, 4.69) is 33.0 Å². The Morgan fingerprint density at radius 2 is 2.15 bits per heavy atom. The standard InChI is InChI=1S/C10H20N2O/c1-5-8-11-6-9(13)12(8)7-10(2,3)4/h8,11H,5-7H2,1-4H3. The van der Waals surface area contributed by atoms with Crippen LogP contribution in [0.1, 0.15) is 34.1 Å². The molecule has 3 nitrogen and oxygen atoms in total. The second-order valence-electron chi connectivity index (χ2n) is 4.89. The molecule has 1 fully saturated rings. The van der Waals surface area contributed by atoms with Crippen LogP contribution in [0.15, 0.2) is 0 Å². The van der Waals surface area contributed by atoms with Crippen molar-refractivity contribution in [3.8, 4) is 0 Å². The van der Waals surface area contributed by atoms with Crippen molar-refractivity contribution in [3.63, 3.8) is 0 Å².